The van der Waals surface area contributed by atoms with Crippen LogP contribution in [0.15, 0.2) is 34.9 Å². The van der Waals surface area contributed by atoms with Crippen molar-refractivity contribution >= 4 is 17.5 Å². The highest BCUT2D eigenvalue weighted by Crippen LogP contribution is 2.26. The monoisotopic (exact) mass is 350 g/mol. The first kappa shape index (κ1) is 17.0. The lowest BCUT2D eigenvalue weighted by molar-refractivity contribution is -0.127. The number of amides is 1. The summed E-state index contributed by atoms with van der Waals surface area (Å²) in [4.78, 5) is 11.8. The summed E-state index contributed by atoms with van der Waals surface area (Å²) in [5.41, 5.74) is 1.43. The lowest BCUT2D eigenvalue weighted by Crippen LogP contribution is -2.28. The molecule has 1 atom stereocenters. The number of carbonyl (C=O) groups excluding carboxylic acids is 1. The number of nitrogens with one attached hydrogen (secondary N) is 1. The summed E-state index contributed by atoms with van der Waals surface area (Å²) < 4.78 is 16.0. The summed E-state index contributed by atoms with van der Waals surface area (Å²) in [6.45, 7) is 1.48. The van der Waals surface area contributed by atoms with E-state index < -0.39 is 0 Å². The van der Waals surface area contributed by atoms with Crippen LogP contribution in [0.1, 0.15) is 18.6 Å². The van der Waals surface area contributed by atoms with Crippen LogP contribution in [0, 0.1) is 0 Å². The molecule has 1 aliphatic heterocycles. The van der Waals surface area contributed by atoms with E-state index in [-0.39, 0.29) is 25.2 Å². The van der Waals surface area contributed by atoms with Gasteiger partial charge in [-0.3, -0.25) is 4.79 Å². The van der Waals surface area contributed by atoms with Gasteiger partial charge in [0.15, 0.2) is 5.76 Å². The zero-order chi connectivity index (χ0) is 16.8. The van der Waals surface area contributed by atoms with Gasteiger partial charge in [-0.2, -0.15) is 0 Å². The molecule has 1 saturated heterocycles. The normalized spacial score (nSPS) is 17.1. The van der Waals surface area contributed by atoms with Crippen molar-refractivity contribution in [3.63, 3.8) is 0 Å². The highest BCUT2D eigenvalue weighted by molar-refractivity contribution is 6.33. The summed E-state index contributed by atoms with van der Waals surface area (Å²) in [6.07, 6.45) is 2.16. The number of aromatic nitrogens is 1. The van der Waals surface area contributed by atoms with Crippen molar-refractivity contribution in [3.05, 3.63) is 41.1 Å². The van der Waals surface area contributed by atoms with Gasteiger partial charge in [0.25, 0.3) is 0 Å². The molecule has 0 unspecified atom stereocenters. The molecule has 1 fully saturated rings. The number of carbonyl (C=O) groups is 1. The van der Waals surface area contributed by atoms with Gasteiger partial charge in [0, 0.05) is 18.2 Å². The second kappa shape index (κ2) is 8.28. The van der Waals surface area contributed by atoms with Gasteiger partial charge in [0.05, 0.1) is 24.3 Å². The average molecular weight is 351 g/mol. The summed E-state index contributed by atoms with van der Waals surface area (Å²) in [6, 6.07) is 9.14. The zero-order valence-electron chi connectivity index (χ0n) is 13.2. The minimum Gasteiger partial charge on any atom is -0.376 e. The fourth-order valence-corrected chi connectivity index (χ4v) is 2.72. The third kappa shape index (κ3) is 4.56. The number of rotatable bonds is 7. The first-order valence-electron chi connectivity index (χ1n) is 7.89. The molecular weight excluding hydrogens is 332 g/mol. The molecule has 2 aromatic rings. The van der Waals surface area contributed by atoms with Gasteiger partial charge in [-0.1, -0.05) is 35.0 Å². The van der Waals surface area contributed by atoms with E-state index in [4.69, 9.17) is 25.6 Å². The SMILES string of the molecule is O=C(COC[C@H]1CCCO1)NCc1cc(-c2ccccc2Cl)no1. The van der Waals surface area contributed by atoms with Crippen LogP contribution in [0.2, 0.25) is 5.02 Å². The Balaban J connectivity index is 1.43. The third-order valence-corrected chi connectivity index (χ3v) is 4.06. The highest BCUT2D eigenvalue weighted by Gasteiger charge is 2.16. The highest BCUT2D eigenvalue weighted by atomic mass is 35.5. The predicted octanol–water partition coefficient (Wildman–Crippen LogP) is 2.81. The van der Waals surface area contributed by atoms with Crippen LogP contribution in [-0.4, -0.2) is 37.0 Å². The molecule has 0 saturated carbocycles. The van der Waals surface area contributed by atoms with Gasteiger partial charge >= 0.3 is 0 Å². The van der Waals surface area contributed by atoms with E-state index >= 15 is 0 Å². The van der Waals surface area contributed by atoms with Gasteiger partial charge in [-0.15, -0.1) is 0 Å². The molecule has 0 bridgehead atoms. The van der Waals surface area contributed by atoms with E-state index in [1.54, 1.807) is 12.1 Å². The van der Waals surface area contributed by atoms with E-state index in [0.29, 0.717) is 23.1 Å². The predicted molar refractivity (Wildman–Crippen MR) is 88.6 cm³/mol. The first-order chi connectivity index (χ1) is 11.7. The van der Waals surface area contributed by atoms with Gasteiger partial charge in [0.2, 0.25) is 5.91 Å². The van der Waals surface area contributed by atoms with Crippen LogP contribution >= 0.6 is 11.6 Å². The summed E-state index contributed by atoms with van der Waals surface area (Å²) in [5, 5.41) is 7.31. The van der Waals surface area contributed by atoms with Crippen molar-refractivity contribution in [2.45, 2.75) is 25.5 Å². The van der Waals surface area contributed by atoms with Gasteiger partial charge < -0.3 is 19.3 Å². The summed E-state index contributed by atoms with van der Waals surface area (Å²) >= 11 is 6.13. The molecule has 0 aliphatic carbocycles. The number of ether oxygens (including phenoxy) is 2. The zero-order valence-corrected chi connectivity index (χ0v) is 13.9. The molecule has 6 nitrogen and oxygen atoms in total. The van der Waals surface area contributed by atoms with Crippen molar-refractivity contribution in [3.8, 4) is 11.3 Å². The van der Waals surface area contributed by atoms with Crippen molar-refractivity contribution in [2.75, 3.05) is 19.8 Å². The maximum Gasteiger partial charge on any atom is 0.246 e. The number of hydrogen-bond acceptors (Lipinski definition) is 5. The molecule has 0 radical (unpaired) electrons. The molecule has 1 aromatic carbocycles. The Labute approximate surface area is 145 Å². The van der Waals surface area contributed by atoms with Crippen LogP contribution in [0.3, 0.4) is 0 Å². The average Bonchev–Trinajstić information content (AvgIpc) is 3.25. The van der Waals surface area contributed by atoms with Crippen LogP contribution in [0.25, 0.3) is 11.3 Å². The van der Waals surface area contributed by atoms with Crippen LogP contribution in [0.5, 0.6) is 0 Å². The standard InChI is InChI=1S/C17H19ClN2O4/c18-15-6-2-1-5-14(15)16-8-13(24-20-16)9-19-17(21)11-22-10-12-4-3-7-23-12/h1-2,5-6,8,12H,3-4,7,9-11H2,(H,19,21)/t12-/m1/s1. The quantitative estimate of drug-likeness (QED) is 0.831. The topological polar surface area (TPSA) is 73.6 Å². The minimum atomic E-state index is -0.205. The molecule has 24 heavy (non-hydrogen) atoms. The second-order valence-electron chi connectivity index (χ2n) is 5.59. The fraction of sp³-hybridized carbons (Fsp3) is 0.412. The Morgan fingerprint density at radius 2 is 2.29 bits per heavy atom. The van der Waals surface area contributed by atoms with Crippen molar-refractivity contribution < 1.29 is 18.8 Å². The second-order valence-corrected chi connectivity index (χ2v) is 5.99. The molecule has 1 amide bonds. The Morgan fingerprint density at radius 3 is 3.08 bits per heavy atom. The largest absolute Gasteiger partial charge is 0.376 e. The number of hydrogen-bond donors (Lipinski definition) is 1. The van der Waals surface area contributed by atoms with E-state index in [0.717, 1.165) is 25.0 Å². The van der Waals surface area contributed by atoms with Crippen LogP contribution in [-0.2, 0) is 20.8 Å². The number of halogens is 1. The fourth-order valence-electron chi connectivity index (χ4n) is 2.49. The third-order valence-electron chi connectivity index (χ3n) is 3.73. The Hall–Kier alpha value is -1.89. The lowest BCUT2D eigenvalue weighted by atomic mass is 10.1. The van der Waals surface area contributed by atoms with E-state index in [1.165, 1.54) is 0 Å². The molecule has 2 heterocycles. The Morgan fingerprint density at radius 1 is 1.42 bits per heavy atom. The molecular formula is C17H19ClN2O4. The van der Waals surface area contributed by atoms with E-state index in [1.807, 2.05) is 18.2 Å². The molecule has 1 aliphatic rings. The molecule has 0 spiro atoms. The van der Waals surface area contributed by atoms with Gasteiger partial charge in [-0.25, -0.2) is 0 Å². The van der Waals surface area contributed by atoms with Crippen LogP contribution < -0.4 is 5.32 Å². The minimum absolute atomic E-state index is 0.00533. The Kier molecular flexibility index (Phi) is 5.85. The van der Waals surface area contributed by atoms with E-state index in [9.17, 15) is 4.79 Å². The van der Waals surface area contributed by atoms with Crippen LogP contribution in [0.4, 0.5) is 0 Å². The molecule has 7 heteroatoms. The summed E-state index contributed by atoms with van der Waals surface area (Å²) in [7, 11) is 0. The molecule has 1 aromatic heterocycles. The molecule has 1 N–H and O–H groups in total. The summed E-state index contributed by atoms with van der Waals surface area (Å²) in [5.74, 6) is 0.348. The lowest BCUT2D eigenvalue weighted by Gasteiger charge is -2.09. The smallest absolute Gasteiger partial charge is 0.246 e. The maximum atomic E-state index is 11.8. The number of benzene rings is 1. The van der Waals surface area contributed by atoms with Crippen molar-refractivity contribution in [1.29, 1.82) is 0 Å². The maximum absolute atomic E-state index is 11.8. The van der Waals surface area contributed by atoms with Gasteiger partial charge in [0.1, 0.15) is 12.3 Å². The molecule has 128 valence electrons. The first-order valence-corrected chi connectivity index (χ1v) is 8.26. The van der Waals surface area contributed by atoms with Crippen molar-refractivity contribution in [2.24, 2.45) is 0 Å². The Bertz CT molecular complexity index is 683. The number of nitrogens with zero attached hydrogens (tertiary/aromatic N) is 1. The van der Waals surface area contributed by atoms with E-state index in [2.05, 4.69) is 10.5 Å². The molecule has 3 rings (SSSR count). The van der Waals surface area contributed by atoms with Crippen molar-refractivity contribution in [1.82, 2.24) is 10.5 Å². The van der Waals surface area contributed by atoms with Gasteiger partial charge in [-0.05, 0) is 18.9 Å².